The average molecular weight is 296 g/mol. The molecule has 0 aliphatic carbocycles. The molecule has 112 valence electrons. The molecule has 4 nitrogen and oxygen atoms in total. The molecule has 22 heavy (non-hydrogen) atoms. The average Bonchev–Trinajstić information content (AvgIpc) is 2.58. The summed E-state index contributed by atoms with van der Waals surface area (Å²) in [5, 5.41) is 13.1. The Morgan fingerprint density at radius 3 is 2.05 bits per heavy atom. The van der Waals surface area contributed by atoms with Crippen LogP contribution < -0.4 is 9.47 Å². The molecule has 0 aliphatic rings. The maximum Gasteiger partial charge on any atom is 0.151 e. The highest BCUT2D eigenvalue weighted by molar-refractivity contribution is 6.15. The minimum absolute atomic E-state index is 0.119. The van der Waals surface area contributed by atoms with Gasteiger partial charge in [0.1, 0.15) is 11.5 Å². The van der Waals surface area contributed by atoms with E-state index in [0.717, 1.165) is 33.4 Å². The van der Waals surface area contributed by atoms with Crippen LogP contribution >= 0.6 is 0 Å². The molecule has 0 bridgehead atoms. The van der Waals surface area contributed by atoms with Crippen molar-refractivity contribution in [3.05, 3.63) is 47.5 Å². The number of carbonyl (C=O) groups excluding carboxylic acids is 1. The lowest BCUT2D eigenvalue weighted by Crippen LogP contribution is -1.96. The van der Waals surface area contributed by atoms with Gasteiger partial charge in [-0.15, -0.1) is 0 Å². The van der Waals surface area contributed by atoms with Crippen molar-refractivity contribution in [2.24, 2.45) is 0 Å². The minimum atomic E-state index is -0.119. The van der Waals surface area contributed by atoms with Gasteiger partial charge in [-0.25, -0.2) is 0 Å². The Morgan fingerprint density at radius 2 is 1.50 bits per heavy atom. The number of ether oxygens (including phenoxy) is 2. The SMILES string of the molecule is COc1ccc2c(CO)c3cc(OC)ccc3c(C=O)c2c1. The number of aldehydes is 1. The zero-order valence-corrected chi connectivity index (χ0v) is 12.4. The molecule has 3 rings (SSSR count). The van der Waals surface area contributed by atoms with Gasteiger partial charge in [0.2, 0.25) is 0 Å². The first-order valence-corrected chi connectivity index (χ1v) is 6.89. The van der Waals surface area contributed by atoms with Gasteiger partial charge in [-0.2, -0.15) is 0 Å². The molecule has 4 heteroatoms. The molecule has 0 unspecified atom stereocenters. The number of carbonyl (C=O) groups is 1. The topological polar surface area (TPSA) is 55.8 Å². The third-order valence-electron chi connectivity index (χ3n) is 3.96. The number of fused-ring (bicyclic) bond motifs is 2. The van der Waals surface area contributed by atoms with Crippen LogP contribution in [0.25, 0.3) is 21.5 Å². The normalized spacial score (nSPS) is 10.9. The molecule has 0 heterocycles. The summed E-state index contributed by atoms with van der Waals surface area (Å²) >= 11 is 0. The summed E-state index contributed by atoms with van der Waals surface area (Å²) in [5.41, 5.74) is 1.36. The maximum absolute atomic E-state index is 11.7. The summed E-state index contributed by atoms with van der Waals surface area (Å²) in [6.07, 6.45) is 0.845. The molecule has 0 aliphatic heterocycles. The van der Waals surface area contributed by atoms with Crippen LogP contribution in [-0.4, -0.2) is 25.6 Å². The van der Waals surface area contributed by atoms with Crippen LogP contribution in [0.5, 0.6) is 11.5 Å². The van der Waals surface area contributed by atoms with E-state index in [9.17, 15) is 9.90 Å². The molecule has 0 saturated heterocycles. The first-order valence-electron chi connectivity index (χ1n) is 6.89. The fraction of sp³-hybridized carbons (Fsp3) is 0.167. The highest BCUT2D eigenvalue weighted by Crippen LogP contribution is 2.35. The van der Waals surface area contributed by atoms with E-state index >= 15 is 0 Å². The van der Waals surface area contributed by atoms with Crippen LogP contribution in [0.2, 0.25) is 0 Å². The highest BCUT2D eigenvalue weighted by Gasteiger charge is 2.14. The van der Waals surface area contributed by atoms with E-state index < -0.39 is 0 Å². The largest absolute Gasteiger partial charge is 0.497 e. The Kier molecular flexibility index (Phi) is 3.69. The summed E-state index contributed by atoms with van der Waals surface area (Å²) in [6, 6.07) is 11.0. The summed E-state index contributed by atoms with van der Waals surface area (Å²) in [7, 11) is 3.17. The van der Waals surface area contributed by atoms with Crippen LogP contribution in [0.4, 0.5) is 0 Å². The monoisotopic (exact) mass is 296 g/mol. The molecule has 0 fully saturated rings. The number of hydrogen-bond acceptors (Lipinski definition) is 4. The minimum Gasteiger partial charge on any atom is -0.497 e. The number of hydrogen-bond donors (Lipinski definition) is 1. The zero-order valence-electron chi connectivity index (χ0n) is 12.4. The Bertz CT molecular complexity index is 868. The fourth-order valence-electron chi connectivity index (χ4n) is 2.86. The Hall–Kier alpha value is -2.59. The third kappa shape index (κ3) is 2.09. The smallest absolute Gasteiger partial charge is 0.151 e. The first-order chi connectivity index (χ1) is 10.7. The third-order valence-corrected chi connectivity index (χ3v) is 3.96. The van der Waals surface area contributed by atoms with Crippen LogP contribution in [-0.2, 0) is 6.61 Å². The van der Waals surface area contributed by atoms with Gasteiger partial charge in [0, 0.05) is 5.56 Å². The van der Waals surface area contributed by atoms with Gasteiger partial charge in [-0.1, -0.05) is 6.07 Å². The van der Waals surface area contributed by atoms with E-state index in [-0.39, 0.29) is 6.61 Å². The lowest BCUT2D eigenvalue weighted by Gasteiger charge is -2.14. The Labute approximate surface area is 127 Å². The van der Waals surface area contributed by atoms with Gasteiger partial charge < -0.3 is 14.6 Å². The lowest BCUT2D eigenvalue weighted by molar-refractivity contribution is 0.112. The molecule has 3 aromatic rings. The summed E-state index contributed by atoms with van der Waals surface area (Å²) < 4.78 is 10.5. The van der Waals surface area contributed by atoms with Gasteiger partial charge >= 0.3 is 0 Å². The summed E-state index contributed by atoms with van der Waals surface area (Å²) in [6.45, 7) is -0.119. The van der Waals surface area contributed by atoms with Crippen LogP contribution in [0.3, 0.4) is 0 Å². The standard InChI is InChI=1S/C18H16O4/c1-21-11-3-5-13-15(7-11)17(9-19)14-6-4-12(22-2)8-16(14)18(13)10-20/h3-9,20H,10H2,1-2H3. The molecule has 0 saturated carbocycles. The van der Waals surface area contributed by atoms with Gasteiger partial charge in [-0.05, 0) is 57.4 Å². The van der Waals surface area contributed by atoms with Crippen LogP contribution in [0, 0.1) is 0 Å². The quantitative estimate of drug-likeness (QED) is 0.593. The Balaban J connectivity index is 2.53. The molecule has 0 radical (unpaired) electrons. The number of aliphatic hydroxyl groups excluding tert-OH is 1. The molecule has 0 amide bonds. The molecule has 3 aromatic carbocycles. The van der Waals surface area contributed by atoms with Crippen LogP contribution in [0.1, 0.15) is 15.9 Å². The van der Waals surface area contributed by atoms with Crippen LogP contribution in [0.15, 0.2) is 36.4 Å². The lowest BCUT2D eigenvalue weighted by atomic mass is 9.92. The van der Waals surface area contributed by atoms with Gasteiger partial charge in [0.25, 0.3) is 0 Å². The number of aliphatic hydroxyl groups is 1. The number of rotatable bonds is 4. The van der Waals surface area contributed by atoms with E-state index in [2.05, 4.69) is 0 Å². The van der Waals surface area contributed by atoms with Crippen molar-refractivity contribution < 1.29 is 19.4 Å². The molecular formula is C18H16O4. The van der Waals surface area contributed by atoms with Crippen molar-refractivity contribution in [1.82, 2.24) is 0 Å². The molecule has 0 atom stereocenters. The predicted octanol–water partition coefficient (Wildman–Crippen LogP) is 3.32. The predicted molar refractivity (Wildman–Crippen MR) is 85.9 cm³/mol. The van der Waals surface area contributed by atoms with Crippen molar-refractivity contribution in [2.75, 3.05) is 14.2 Å². The van der Waals surface area contributed by atoms with Gasteiger partial charge in [0.15, 0.2) is 6.29 Å². The van der Waals surface area contributed by atoms with Crippen molar-refractivity contribution in [3.8, 4) is 11.5 Å². The maximum atomic E-state index is 11.7. The first kappa shape index (κ1) is 14.4. The van der Waals surface area contributed by atoms with Crippen molar-refractivity contribution in [1.29, 1.82) is 0 Å². The molecule has 0 spiro atoms. The van der Waals surface area contributed by atoms with E-state index in [1.54, 1.807) is 14.2 Å². The Morgan fingerprint density at radius 1 is 0.909 bits per heavy atom. The van der Waals surface area contributed by atoms with Crippen molar-refractivity contribution in [2.45, 2.75) is 6.61 Å². The zero-order chi connectivity index (χ0) is 15.7. The molecule has 1 N–H and O–H groups in total. The highest BCUT2D eigenvalue weighted by atomic mass is 16.5. The molecule has 0 aromatic heterocycles. The van der Waals surface area contributed by atoms with Crippen molar-refractivity contribution in [3.63, 3.8) is 0 Å². The number of methoxy groups -OCH3 is 2. The van der Waals surface area contributed by atoms with Crippen molar-refractivity contribution >= 4 is 27.8 Å². The summed E-state index contributed by atoms with van der Waals surface area (Å²) in [5.74, 6) is 1.36. The second-order valence-corrected chi connectivity index (χ2v) is 4.99. The van der Waals surface area contributed by atoms with Gasteiger partial charge in [0.05, 0.1) is 20.8 Å². The van der Waals surface area contributed by atoms with E-state index in [1.165, 1.54) is 0 Å². The second kappa shape index (κ2) is 5.66. The van der Waals surface area contributed by atoms with E-state index in [4.69, 9.17) is 9.47 Å². The fourth-order valence-corrected chi connectivity index (χ4v) is 2.86. The molecular weight excluding hydrogens is 280 g/mol. The second-order valence-electron chi connectivity index (χ2n) is 4.99. The van der Waals surface area contributed by atoms with E-state index in [1.807, 2.05) is 36.4 Å². The van der Waals surface area contributed by atoms with Gasteiger partial charge in [-0.3, -0.25) is 4.79 Å². The number of benzene rings is 3. The summed E-state index contributed by atoms with van der Waals surface area (Å²) in [4.78, 5) is 11.7. The van der Waals surface area contributed by atoms with E-state index in [0.29, 0.717) is 17.1 Å².